The highest BCUT2D eigenvalue weighted by atomic mass is 127. The number of halogens is 1. The highest BCUT2D eigenvalue weighted by molar-refractivity contribution is 14.0. The van der Waals surface area contributed by atoms with Crippen LogP contribution in [0.4, 0.5) is 0 Å². The molecule has 0 amide bonds. The van der Waals surface area contributed by atoms with Gasteiger partial charge in [0, 0.05) is 26.1 Å². The van der Waals surface area contributed by atoms with Crippen molar-refractivity contribution in [3.8, 4) is 0 Å². The van der Waals surface area contributed by atoms with Gasteiger partial charge in [-0.25, -0.2) is 0 Å². The third-order valence-electron chi connectivity index (χ3n) is 3.79. The van der Waals surface area contributed by atoms with Gasteiger partial charge in [0.05, 0.1) is 6.26 Å². The average Bonchev–Trinajstić information content (AvgIpc) is 3.09. The molecule has 0 aliphatic rings. The maximum absolute atomic E-state index is 5.34. The van der Waals surface area contributed by atoms with Crippen molar-refractivity contribution in [2.45, 2.75) is 32.6 Å². The summed E-state index contributed by atoms with van der Waals surface area (Å²) in [6, 6.07) is 14.5. The van der Waals surface area contributed by atoms with Gasteiger partial charge in [0.15, 0.2) is 5.96 Å². The molecule has 2 aromatic rings. The lowest BCUT2D eigenvalue weighted by molar-refractivity contribution is 0.506. The number of nitrogens with zero attached hydrogens (tertiary/aromatic N) is 1. The molecule has 1 aromatic carbocycles. The van der Waals surface area contributed by atoms with Crippen molar-refractivity contribution in [2.24, 2.45) is 4.99 Å². The molecule has 0 spiro atoms. The van der Waals surface area contributed by atoms with Crippen LogP contribution in [0.1, 0.15) is 37.5 Å². The first-order valence-electron chi connectivity index (χ1n) is 8.39. The molecular formula is C19H28IN3O. The maximum atomic E-state index is 5.34. The molecule has 24 heavy (non-hydrogen) atoms. The Morgan fingerprint density at radius 2 is 1.92 bits per heavy atom. The summed E-state index contributed by atoms with van der Waals surface area (Å²) >= 11 is 0. The van der Waals surface area contributed by atoms with Crippen molar-refractivity contribution in [3.05, 3.63) is 60.1 Å². The molecule has 4 nitrogen and oxygen atoms in total. The fourth-order valence-corrected chi connectivity index (χ4v) is 2.42. The summed E-state index contributed by atoms with van der Waals surface area (Å²) in [6.45, 7) is 6.82. The van der Waals surface area contributed by atoms with Crippen LogP contribution >= 0.6 is 24.0 Å². The Hall–Kier alpha value is -1.50. The first-order valence-corrected chi connectivity index (χ1v) is 8.39. The lowest BCUT2D eigenvalue weighted by Crippen LogP contribution is -2.38. The zero-order valence-corrected chi connectivity index (χ0v) is 16.8. The van der Waals surface area contributed by atoms with Gasteiger partial charge >= 0.3 is 0 Å². The van der Waals surface area contributed by atoms with Gasteiger partial charge < -0.3 is 15.1 Å². The van der Waals surface area contributed by atoms with Crippen molar-refractivity contribution >= 4 is 29.9 Å². The van der Waals surface area contributed by atoms with E-state index in [1.807, 2.05) is 12.1 Å². The van der Waals surface area contributed by atoms with Crippen LogP contribution in [0.2, 0.25) is 0 Å². The van der Waals surface area contributed by atoms with Gasteiger partial charge in [0.2, 0.25) is 0 Å². The van der Waals surface area contributed by atoms with Gasteiger partial charge in [-0.1, -0.05) is 37.3 Å². The van der Waals surface area contributed by atoms with E-state index >= 15 is 0 Å². The molecule has 1 aromatic heterocycles. The Morgan fingerprint density at radius 3 is 2.58 bits per heavy atom. The summed E-state index contributed by atoms with van der Waals surface area (Å²) in [4.78, 5) is 4.66. The van der Waals surface area contributed by atoms with E-state index in [9.17, 15) is 0 Å². The van der Waals surface area contributed by atoms with Gasteiger partial charge in [0.1, 0.15) is 5.76 Å². The lowest BCUT2D eigenvalue weighted by atomic mass is 9.98. The summed E-state index contributed by atoms with van der Waals surface area (Å²) in [5, 5.41) is 6.64. The molecule has 1 unspecified atom stereocenters. The Bertz CT molecular complexity index is 570. The van der Waals surface area contributed by atoms with E-state index in [4.69, 9.17) is 4.42 Å². The maximum Gasteiger partial charge on any atom is 0.191 e. The number of aliphatic imine (C=N–C) groups is 1. The van der Waals surface area contributed by atoms with Gasteiger partial charge in [0.25, 0.3) is 0 Å². The molecule has 0 aliphatic heterocycles. The third kappa shape index (κ3) is 7.38. The van der Waals surface area contributed by atoms with Crippen LogP contribution < -0.4 is 10.6 Å². The van der Waals surface area contributed by atoms with E-state index in [-0.39, 0.29) is 24.0 Å². The van der Waals surface area contributed by atoms with Crippen LogP contribution in [-0.4, -0.2) is 25.6 Å². The van der Waals surface area contributed by atoms with E-state index in [0.29, 0.717) is 5.92 Å². The highest BCUT2D eigenvalue weighted by Gasteiger charge is 2.04. The van der Waals surface area contributed by atoms with Crippen molar-refractivity contribution in [1.29, 1.82) is 0 Å². The van der Waals surface area contributed by atoms with Crippen LogP contribution in [0.25, 0.3) is 0 Å². The summed E-state index contributed by atoms with van der Waals surface area (Å²) in [6.07, 6.45) is 3.61. The molecule has 0 saturated heterocycles. The minimum atomic E-state index is 0. The second-order valence-corrected chi connectivity index (χ2v) is 5.62. The van der Waals surface area contributed by atoms with E-state index in [1.165, 1.54) is 5.56 Å². The van der Waals surface area contributed by atoms with Crippen LogP contribution in [0.3, 0.4) is 0 Å². The smallest absolute Gasteiger partial charge is 0.191 e. The molecule has 1 atom stereocenters. The fraction of sp³-hybridized carbons (Fsp3) is 0.421. The van der Waals surface area contributed by atoms with E-state index in [1.54, 1.807) is 6.26 Å². The van der Waals surface area contributed by atoms with Crippen molar-refractivity contribution in [2.75, 3.05) is 19.6 Å². The summed E-state index contributed by atoms with van der Waals surface area (Å²) < 4.78 is 5.34. The molecule has 0 fully saturated rings. The molecule has 0 aliphatic carbocycles. The largest absolute Gasteiger partial charge is 0.469 e. The number of hydrogen-bond acceptors (Lipinski definition) is 2. The van der Waals surface area contributed by atoms with Crippen LogP contribution in [0.15, 0.2) is 58.1 Å². The quantitative estimate of drug-likeness (QED) is 0.367. The van der Waals surface area contributed by atoms with Gasteiger partial charge in [-0.2, -0.15) is 0 Å². The van der Waals surface area contributed by atoms with E-state index < -0.39 is 0 Å². The third-order valence-corrected chi connectivity index (χ3v) is 3.79. The molecule has 0 saturated carbocycles. The molecule has 0 radical (unpaired) electrons. The predicted molar refractivity (Wildman–Crippen MR) is 111 cm³/mol. The first kappa shape index (κ1) is 20.5. The zero-order chi connectivity index (χ0) is 16.3. The number of furan rings is 1. The van der Waals surface area contributed by atoms with Gasteiger partial charge in [-0.15, -0.1) is 24.0 Å². The minimum Gasteiger partial charge on any atom is -0.469 e. The topological polar surface area (TPSA) is 49.6 Å². The van der Waals surface area contributed by atoms with Crippen molar-refractivity contribution in [1.82, 2.24) is 10.6 Å². The van der Waals surface area contributed by atoms with Gasteiger partial charge in [-0.3, -0.25) is 4.99 Å². The standard InChI is InChI=1S/C19H27N3O.HI/c1-3-20-19(22-14-12-18-10-7-15-23-18)21-13-11-16(2)17-8-5-4-6-9-17;/h4-10,15-16H,3,11-14H2,1-2H3,(H2,20,21,22);1H. The van der Waals surface area contributed by atoms with Crippen LogP contribution in [0, 0.1) is 0 Å². The number of benzene rings is 1. The molecule has 132 valence electrons. The zero-order valence-electron chi connectivity index (χ0n) is 14.5. The SMILES string of the molecule is CCNC(=NCCC(C)c1ccccc1)NCCc1ccco1.I. The highest BCUT2D eigenvalue weighted by Crippen LogP contribution is 2.17. The number of hydrogen-bond donors (Lipinski definition) is 2. The Kier molecular flexibility index (Phi) is 10.2. The predicted octanol–water partition coefficient (Wildman–Crippen LogP) is 4.19. The number of rotatable bonds is 8. The monoisotopic (exact) mass is 441 g/mol. The summed E-state index contributed by atoms with van der Waals surface area (Å²) in [5.41, 5.74) is 1.37. The molecule has 0 bridgehead atoms. The molecule has 2 rings (SSSR count). The number of nitrogens with one attached hydrogen (secondary N) is 2. The normalized spacial score (nSPS) is 12.3. The Labute approximate surface area is 162 Å². The minimum absolute atomic E-state index is 0. The van der Waals surface area contributed by atoms with E-state index in [2.05, 4.69) is 59.8 Å². The second kappa shape index (κ2) is 11.9. The average molecular weight is 441 g/mol. The number of guanidine groups is 1. The van der Waals surface area contributed by atoms with Crippen molar-refractivity contribution < 1.29 is 4.42 Å². The Morgan fingerprint density at radius 1 is 1.12 bits per heavy atom. The molecule has 5 heteroatoms. The van der Waals surface area contributed by atoms with Crippen LogP contribution in [-0.2, 0) is 6.42 Å². The fourth-order valence-electron chi connectivity index (χ4n) is 2.42. The van der Waals surface area contributed by atoms with Crippen molar-refractivity contribution in [3.63, 3.8) is 0 Å². The summed E-state index contributed by atoms with van der Waals surface area (Å²) in [5.74, 6) is 2.39. The van der Waals surface area contributed by atoms with Gasteiger partial charge in [-0.05, 0) is 37.0 Å². The first-order chi connectivity index (χ1) is 11.3. The second-order valence-electron chi connectivity index (χ2n) is 5.62. The summed E-state index contributed by atoms with van der Waals surface area (Å²) in [7, 11) is 0. The Balaban J connectivity index is 0.00000288. The van der Waals surface area contributed by atoms with Crippen LogP contribution in [0.5, 0.6) is 0 Å². The molecule has 1 heterocycles. The molecule has 2 N–H and O–H groups in total. The molecular weight excluding hydrogens is 413 g/mol. The lowest BCUT2D eigenvalue weighted by Gasteiger charge is -2.13. The van der Waals surface area contributed by atoms with E-state index in [0.717, 1.165) is 44.2 Å².